The molecule has 1 unspecified atom stereocenters. The molecule has 2 amide bonds. The van der Waals surface area contributed by atoms with Gasteiger partial charge >= 0.3 is 0 Å². The third-order valence-corrected chi connectivity index (χ3v) is 6.61. The van der Waals surface area contributed by atoms with Crippen molar-refractivity contribution >= 4 is 28.9 Å². The number of hydrogen-bond donors (Lipinski definition) is 2. The number of anilines is 3. The van der Waals surface area contributed by atoms with Crippen LogP contribution in [0.15, 0.2) is 66.7 Å². The summed E-state index contributed by atoms with van der Waals surface area (Å²) in [4.78, 5) is 30.7. The van der Waals surface area contributed by atoms with Gasteiger partial charge in [0.15, 0.2) is 0 Å². The predicted molar refractivity (Wildman–Crippen MR) is 140 cm³/mol. The van der Waals surface area contributed by atoms with E-state index in [0.717, 1.165) is 24.3 Å². The number of carbonyl (C=O) groups is 2. The summed E-state index contributed by atoms with van der Waals surface area (Å²) in [5, 5.41) is 6.06. The quantitative estimate of drug-likeness (QED) is 0.535. The molecule has 2 heterocycles. The summed E-state index contributed by atoms with van der Waals surface area (Å²) in [5.74, 6) is -0.790. The highest BCUT2D eigenvalue weighted by Gasteiger charge is 2.32. The monoisotopic (exact) mass is 504 g/mol. The molecule has 1 atom stereocenters. The molecule has 192 valence electrons. The number of fused-ring (bicyclic) bond motifs is 1. The van der Waals surface area contributed by atoms with Crippen molar-refractivity contribution in [1.82, 2.24) is 5.32 Å². The van der Waals surface area contributed by atoms with Crippen LogP contribution in [0, 0.1) is 5.82 Å². The van der Waals surface area contributed by atoms with E-state index >= 15 is 0 Å². The molecule has 3 aromatic carbocycles. The molecule has 37 heavy (non-hydrogen) atoms. The van der Waals surface area contributed by atoms with Gasteiger partial charge in [0.05, 0.1) is 43.8 Å². The van der Waals surface area contributed by atoms with Crippen molar-refractivity contribution in [3.05, 3.63) is 83.7 Å². The molecule has 1 fully saturated rings. The highest BCUT2D eigenvalue weighted by molar-refractivity contribution is 6.06. The number of benzene rings is 3. The van der Waals surface area contributed by atoms with Gasteiger partial charge in [0.2, 0.25) is 0 Å². The number of methoxy groups -OCH3 is 1. The predicted octanol–water partition coefficient (Wildman–Crippen LogP) is 3.43. The first kappa shape index (κ1) is 24.6. The fourth-order valence-corrected chi connectivity index (χ4v) is 4.65. The molecule has 0 aromatic heterocycles. The zero-order valence-electron chi connectivity index (χ0n) is 20.6. The normalized spacial score (nSPS) is 17.5. The second kappa shape index (κ2) is 10.9. The third kappa shape index (κ3) is 5.36. The molecule has 0 radical (unpaired) electrons. The molecule has 2 aliphatic rings. The Labute approximate surface area is 215 Å². The summed E-state index contributed by atoms with van der Waals surface area (Å²) in [6, 6.07) is 18.3. The van der Waals surface area contributed by atoms with Crippen LogP contribution < -0.4 is 25.2 Å². The van der Waals surface area contributed by atoms with E-state index in [4.69, 9.17) is 9.47 Å². The molecule has 2 N–H and O–H groups in total. The standard InChI is InChI=1S/C28H29FN4O4/c1-36-26-16-21(32-11-13-37-14-12-32)8-9-22(26)27(34)31-24-17-30-23-10-7-20(29)15-25(23)33(28(24)35)18-19-5-3-2-4-6-19/h2-10,15-16,24,30H,11-14,17-18H2,1H3,(H,31,34). The highest BCUT2D eigenvalue weighted by Crippen LogP contribution is 2.32. The summed E-state index contributed by atoms with van der Waals surface area (Å²) < 4.78 is 25.1. The second-order valence-corrected chi connectivity index (χ2v) is 8.96. The summed E-state index contributed by atoms with van der Waals surface area (Å²) in [6.45, 7) is 3.20. The molecule has 3 aromatic rings. The van der Waals surface area contributed by atoms with Gasteiger partial charge in [-0.05, 0) is 35.9 Å². The van der Waals surface area contributed by atoms with Gasteiger partial charge in [0.25, 0.3) is 11.8 Å². The van der Waals surface area contributed by atoms with Crippen LogP contribution >= 0.6 is 0 Å². The first-order valence-corrected chi connectivity index (χ1v) is 12.2. The van der Waals surface area contributed by atoms with Crippen molar-refractivity contribution < 1.29 is 23.5 Å². The van der Waals surface area contributed by atoms with E-state index < -0.39 is 17.8 Å². The molecule has 0 bridgehead atoms. The fourth-order valence-electron chi connectivity index (χ4n) is 4.65. The number of amides is 2. The van der Waals surface area contributed by atoms with Gasteiger partial charge in [-0.25, -0.2) is 4.39 Å². The lowest BCUT2D eigenvalue weighted by Crippen LogP contribution is -2.50. The Morgan fingerprint density at radius 1 is 1.11 bits per heavy atom. The molecule has 1 saturated heterocycles. The second-order valence-electron chi connectivity index (χ2n) is 8.96. The van der Waals surface area contributed by atoms with E-state index in [-0.39, 0.29) is 19.0 Å². The smallest absolute Gasteiger partial charge is 0.255 e. The van der Waals surface area contributed by atoms with Crippen molar-refractivity contribution in [3.8, 4) is 5.75 Å². The van der Waals surface area contributed by atoms with E-state index in [1.807, 2.05) is 42.5 Å². The number of nitrogens with one attached hydrogen (secondary N) is 2. The molecule has 0 aliphatic carbocycles. The van der Waals surface area contributed by atoms with Gasteiger partial charge in [-0.2, -0.15) is 0 Å². The number of halogens is 1. The lowest BCUT2D eigenvalue weighted by Gasteiger charge is -2.29. The minimum Gasteiger partial charge on any atom is -0.496 e. The molecule has 0 saturated carbocycles. The van der Waals surface area contributed by atoms with E-state index in [1.54, 1.807) is 12.1 Å². The maximum Gasteiger partial charge on any atom is 0.255 e. The minimum atomic E-state index is -0.879. The minimum absolute atomic E-state index is 0.155. The first-order chi connectivity index (χ1) is 18.0. The molecular weight excluding hydrogens is 475 g/mol. The van der Waals surface area contributed by atoms with Gasteiger partial charge in [0, 0.05) is 31.4 Å². The number of ether oxygens (including phenoxy) is 2. The van der Waals surface area contributed by atoms with Crippen molar-refractivity contribution in [1.29, 1.82) is 0 Å². The van der Waals surface area contributed by atoms with Crippen LogP contribution in [0.2, 0.25) is 0 Å². The van der Waals surface area contributed by atoms with E-state index in [0.29, 0.717) is 35.9 Å². The average Bonchev–Trinajstić information content (AvgIpc) is 3.06. The van der Waals surface area contributed by atoms with Crippen LogP contribution in [0.4, 0.5) is 21.5 Å². The van der Waals surface area contributed by atoms with E-state index in [9.17, 15) is 14.0 Å². The first-order valence-electron chi connectivity index (χ1n) is 12.2. The van der Waals surface area contributed by atoms with Gasteiger partial charge in [0.1, 0.15) is 17.6 Å². The van der Waals surface area contributed by atoms with Crippen LogP contribution in [-0.2, 0) is 16.1 Å². The summed E-state index contributed by atoms with van der Waals surface area (Å²) in [6.07, 6.45) is 0. The molecule has 0 spiro atoms. The lowest BCUT2D eigenvalue weighted by molar-refractivity contribution is -0.120. The Kier molecular flexibility index (Phi) is 7.23. The van der Waals surface area contributed by atoms with Crippen molar-refractivity contribution in [3.63, 3.8) is 0 Å². The Morgan fingerprint density at radius 2 is 1.89 bits per heavy atom. The average molecular weight is 505 g/mol. The Morgan fingerprint density at radius 3 is 2.65 bits per heavy atom. The molecule has 9 heteroatoms. The number of rotatable bonds is 6. The Bertz CT molecular complexity index is 1280. The number of hydrogen-bond acceptors (Lipinski definition) is 6. The van der Waals surface area contributed by atoms with Gasteiger partial charge in [-0.15, -0.1) is 0 Å². The molecule has 8 nitrogen and oxygen atoms in total. The number of nitrogens with zero attached hydrogens (tertiary/aromatic N) is 2. The van der Waals surface area contributed by atoms with Crippen molar-refractivity contribution in [2.45, 2.75) is 12.6 Å². The van der Waals surface area contributed by atoms with E-state index in [2.05, 4.69) is 15.5 Å². The third-order valence-electron chi connectivity index (χ3n) is 6.61. The van der Waals surface area contributed by atoms with Crippen LogP contribution in [0.5, 0.6) is 5.75 Å². The van der Waals surface area contributed by atoms with Crippen molar-refractivity contribution in [2.24, 2.45) is 0 Å². The largest absolute Gasteiger partial charge is 0.496 e. The van der Waals surface area contributed by atoms with Crippen molar-refractivity contribution in [2.75, 3.05) is 55.1 Å². The van der Waals surface area contributed by atoms with Crippen LogP contribution in [0.25, 0.3) is 0 Å². The van der Waals surface area contributed by atoms with Gasteiger partial charge in [-0.3, -0.25) is 9.59 Å². The number of morpholine rings is 1. The highest BCUT2D eigenvalue weighted by atomic mass is 19.1. The summed E-state index contributed by atoms with van der Waals surface area (Å²) in [7, 11) is 1.51. The molecule has 2 aliphatic heterocycles. The van der Waals surface area contributed by atoms with E-state index in [1.165, 1.54) is 24.1 Å². The number of carbonyl (C=O) groups excluding carboxylic acids is 2. The molecular formula is C28H29FN4O4. The Hall–Kier alpha value is -4.11. The van der Waals surface area contributed by atoms with Crippen LogP contribution in [0.3, 0.4) is 0 Å². The fraction of sp³-hybridized carbons (Fsp3) is 0.286. The lowest BCUT2D eigenvalue weighted by atomic mass is 10.1. The van der Waals surface area contributed by atoms with Gasteiger partial charge < -0.3 is 29.9 Å². The zero-order valence-corrected chi connectivity index (χ0v) is 20.6. The zero-order chi connectivity index (χ0) is 25.8. The van der Waals surface area contributed by atoms with Gasteiger partial charge in [-0.1, -0.05) is 30.3 Å². The molecule has 5 rings (SSSR count). The maximum absolute atomic E-state index is 14.2. The topological polar surface area (TPSA) is 83.1 Å². The van der Waals surface area contributed by atoms with Crippen LogP contribution in [0.1, 0.15) is 15.9 Å². The Balaban J connectivity index is 1.39. The van der Waals surface area contributed by atoms with Crippen LogP contribution in [-0.4, -0.2) is 57.8 Å². The SMILES string of the molecule is COc1cc(N2CCOCC2)ccc1C(=O)NC1CNc2ccc(F)cc2N(Cc2ccccc2)C1=O. The summed E-state index contributed by atoms with van der Waals surface area (Å²) in [5.41, 5.74) is 3.21. The maximum atomic E-state index is 14.2. The summed E-state index contributed by atoms with van der Waals surface area (Å²) >= 11 is 0.